The van der Waals surface area contributed by atoms with Crippen molar-refractivity contribution in [3.05, 3.63) is 40.4 Å². The van der Waals surface area contributed by atoms with Gasteiger partial charge in [-0.2, -0.15) is 0 Å². The molecule has 2 saturated carbocycles. The molecule has 2 bridgehead atoms. The molecule has 6 heteroatoms. The van der Waals surface area contributed by atoms with Crippen LogP contribution in [-0.2, 0) is 9.59 Å². The number of nitrogens with one attached hydrogen (secondary N) is 1. The number of carboxylic acid groups (broad SMARTS) is 1. The van der Waals surface area contributed by atoms with Crippen LogP contribution in [0.25, 0.3) is 0 Å². The molecule has 4 nitrogen and oxygen atoms in total. The lowest BCUT2D eigenvalue weighted by Gasteiger charge is -2.41. The van der Waals surface area contributed by atoms with E-state index in [9.17, 15) is 14.7 Å². The second-order valence-electron chi connectivity index (χ2n) is 6.58. The number of carboxylic acids is 1. The van der Waals surface area contributed by atoms with E-state index in [1.807, 2.05) is 12.2 Å². The molecule has 0 heterocycles. The molecular weight excluding hydrogens is 337 g/mol. The molecule has 0 saturated heterocycles. The number of hydrogen-bond acceptors (Lipinski definition) is 2. The molecular formula is C17H15Cl2NO3. The highest BCUT2D eigenvalue weighted by atomic mass is 35.5. The molecule has 1 aromatic rings. The smallest absolute Gasteiger partial charge is 0.307 e. The average Bonchev–Trinajstić information content (AvgIpc) is 3.33. The minimum Gasteiger partial charge on any atom is -0.481 e. The molecule has 120 valence electrons. The maximum absolute atomic E-state index is 12.8. The Morgan fingerprint density at radius 1 is 1.09 bits per heavy atom. The molecule has 4 aliphatic rings. The zero-order valence-corrected chi connectivity index (χ0v) is 13.6. The van der Waals surface area contributed by atoms with Crippen molar-refractivity contribution in [3.63, 3.8) is 0 Å². The van der Waals surface area contributed by atoms with Crippen LogP contribution in [0, 0.1) is 35.5 Å². The standard InChI is InChI=1S/C17H15Cl2NO3/c18-11-2-1-3-12(15(11)19)20-16(21)13-7-4-5-8(10-6-9(7)10)14(13)17(22)23/h1-5,7-10,13-14H,6H2,(H,20,21)(H,22,23)/t7-,8+,9+,10+,13+,14-/m0/s1. The van der Waals surface area contributed by atoms with E-state index < -0.39 is 17.8 Å². The summed E-state index contributed by atoms with van der Waals surface area (Å²) in [4.78, 5) is 24.5. The molecule has 0 spiro atoms. The zero-order chi connectivity index (χ0) is 16.3. The highest BCUT2D eigenvalue weighted by molar-refractivity contribution is 6.44. The number of anilines is 1. The molecule has 0 aliphatic heterocycles. The monoisotopic (exact) mass is 351 g/mol. The van der Waals surface area contributed by atoms with Crippen LogP contribution >= 0.6 is 23.2 Å². The van der Waals surface area contributed by atoms with E-state index in [1.165, 1.54) is 0 Å². The van der Waals surface area contributed by atoms with E-state index in [1.54, 1.807) is 18.2 Å². The minimum atomic E-state index is -0.896. The predicted octanol–water partition coefficient (Wildman–Crippen LogP) is 3.70. The van der Waals surface area contributed by atoms with Crippen LogP contribution in [-0.4, -0.2) is 17.0 Å². The molecule has 0 aromatic heterocycles. The van der Waals surface area contributed by atoms with Crippen LogP contribution in [0.4, 0.5) is 5.69 Å². The van der Waals surface area contributed by atoms with Gasteiger partial charge in [-0.15, -0.1) is 0 Å². The number of benzene rings is 1. The highest BCUT2D eigenvalue weighted by Gasteiger charge is 2.62. The summed E-state index contributed by atoms with van der Waals surface area (Å²) in [5.74, 6) is -1.54. The van der Waals surface area contributed by atoms with Crippen LogP contribution in [0.3, 0.4) is 0 Å². The quantitative estimate of drug-likeness (QED) is 0.816. The van der Waals surface area contributed by atoms with Crippen molar-refractivity contribution < 1.29 is 14.7 Å². The van der Waals surface area contributed by atoms with Gasteiger partial charge < -0.3 is 10.4 Å². The van der Waals surface area contributed by atoms with Crippen LogP contribution in [0.1, 0.15) is 6.42 Å². The summed E-state index contributed by atoms with van der Waals surface area (Å²) in [5, 5.41) is 13.0. The number of allylic oxidation sites excluding steroid dienone is 2. The Labute approximate surface area is 143 Å². The number of carbonyl (C=O) groups excluding carboxylic acids is 1. The Morgan fingerprint density at radius 3 is 2.39 bits per heavy atom. The first kappa shape index (κ1) is 15.0. The average molecular weight is 352 g/mol. The third-order valence-corrected chi connectivity index (χ3v) is 6.27. The molecule has 1 amide bonds. The summed E-state index contributed by atoms with van der Waals surface area (Å²) in [6.45, 7) is 0. The second kappa shape index (κ2) is 5.25. The lowest BCUT2D eigenvalue weighted by molar-refractivity contribution is -0.152. The maximum Gasteiger partial charge on any atom is 0.307 e. The van der Waals surface area contributed by atoms with Crippen molar-refractivity contribution in [1.82, 2.24) is 0 Å². The van der Waals surface area contributed by atoms with Gasteiger partial charge >= 0.3 is 5.97 Å². The fourth-order valence-corrected chi connectivity index (χ4v) is 4.73. The number of halogens is 2. The summed E-state index contributed by atoms with van der Waals surface area (Å²) >= 11 is 12.1. The topological polar surface area (TPSA) is 66.4 Å². The fraction of sp³-hybridized carbons (Fsp3) is 0.412. The Morgan fingerprint density at radius 2 is 1.74 bits per heavy atom. The maximum atomic E-state index is 12.8. The van der Waals surface area contributed by atoms with Gasteiger partial charge in [0.15, 0.2) is 0 Å². The largest absolute Gasteiger partial charge is 0.481 e. The van der Waals surface area contributed by atoms with Crippen LogP contribution in [0.15, 0.2) is 30.4 Å². The SMILES string of the molecule is O=C(Nc1cccc(Cl)c1Cl)[C@@H]1[C@H]2C=C[C@H]([C@H]3C[C@H]23)[C@@H]1C(=O)O. The van der Waals surface area contributed by atoms with Gasteiger partial charge in [-0.1, -0.05) is 41.4 Å². The zero-order valence-electron chi connectivity index (χ0n) is 12.1. The third-order valence-electron chi connectivity index (χ3n) is 5.45. The number of aliphatic carboxylic acids is 1. The number of hydrogen-bond donors (Lipinski definition) is 2. The summed E-state index contributed by atoms with van der Waals surface area (Å²) < 4.78 is 0. The fourth-order valence-electron chi connectivity index (χ4n) is 4.39. The van der Waals surface area contributed by atoms with Crippen LogP contribution in [0.5, 0.6) is 0 Å². The van der Waals surface area contributed by atoms with Crippen molar-refractivity contribution >= 4 is 40.8 Å². The van der Waals surface area contributed by atoms with Crippen molar-refractivity contribution in [2.75, 3.05) is 5.32 Å². The molecule has 0 unspecified atom stereocenters. The van der Waals surface area contributed by atoms with E-state index in [4.69, 9.17) is 23.2 Å². The molecule has 6 atom stereocenters. The van der Waals surface area contributed by atoms with Gasteiger partial charge in [0, 0.05) is 0 Å². The van der Waals surface area contributed by atoms with E-state index in [0.717, 1.165) is 6.42 Å². The second-order valence-corrected chi connectivity index (χ2v) is 7.37. The van der Waals surface area contributed by atoms with E-state index in [0.29, 0.717) is 22.5 Å². The summed E-state index contributed by atoms with van der Waals surface area (Å²) in [6, 6.07) is 5.00. The Kier molecular flexibility index (Phi) is 3.43. The van der Waals surface area contributed by atoms with Gasteiger partial charge in [0.2, 0.25) is 5.91 Å². The Bertz CT molecular complexity index is 733. The summed E-state index contributed by atoms with van der Waals surface area (Å²) in [7, 11) is 0. The predicted molar refractivity (Wildman–Crippen MR) is 87.4 cm³/mol. The van der Waals surface area contributed by atoms with Gasteiger partial charge in [-0.25, -0.2) is 0 Å². The number of amides is 1. The Hall–Kier alpha value is -1.52. The summed E-state index contributed by atoms with van der Waals surface area (Å²) in [6.07, 6.45) is 5.05. The van der Waals surface area contributed by atoms with E-state index in [-0.39, 0.29) is 22.8 Å². The van der Waals surface area contributed by atoms with Crippen LogP contribution in [0.2, 0.25) is 10.0 Å². The minimum absolute atomic E-state index is 0.00376. The van der Waals surface area contributed by atoms with Crippen molar-refractivity contribution in [2.45, 2.75) is 6.42 Å². The molecule has 0 radical (unpaired) electrons. The molecule has 5 rings (SSSR count). The van der Waals surface area contributed by atoms with Gasteiger partial charge in [0.05, 0.1) is 27.6 Å². The third kappa shape index (κ3) is 2.27. The lowest BCUT2D eigenvalue weighted by atomic mass is 9.62. The Balaban J connectivity index is 1.63. The van der Waals surface area contributed by atoms with Crippen molar-refractivity contribution in [3.8, 4) is 0 Å². The first-order valence-corrected chi connectivity index (χ1v) is 8.40. The van der Waals surface area contributed by atoms with Gasteiger partial charge in [-0.05, 0) is 42.2 Å². The first-order valence-electron chi connectivity index (χ1n) is 7.65. The number of fused-ring (bicyclic) bond motifs is 1. The molecule has 4 aliphatic carbocycles. The summed E-state index contributed by atoms with van der Waals surface area (Å²) in [5.41, 5.74) is 0.422. The highest BCUT2D eigenvalue weighted by Crippen LogP contribution is 2.63. The van der Waals surface area contributed by atoms with Crippen molar-refractivity contribution in [2.24, 2.45) is 35.5 Å². The van der Waals surface area contributed by atoms with Gasteiger partial charge in [0.25, 0.3) is 0 Å². The van der Waals surface area contributed by atoms with E-state index in [2.05, 4.69) is 5.32 Å². The van der Waals surface area contributed by atoms with E-state index >= 15 is 0 Å². The lowest BCUT2D eigenvalue weighted by Crippen LogP contribution is -2.48. The molecule has 2 N–H and O–H groups in total. The van der Waals surface area contributed by atoms with Crippen molar-refractivity contribution in [1.29, 1.82) is 0 Å². The number of rotatable bonds is 3. The first-order chi connectivity index (χ1) is 11.0. The molecule has 1 aromatic carbocycles. The molecule has 2 fully saturated rings. The molecule has 23 heavy (non-hydrogen) atoms. The van der Waals surface area contributed by atoms with Gasteiger partial charge in [-0.3, -0.25) is 9.59 Å². The van der Waals surface area contributed by atoms with Crippen LogP contribution < -0.4 is 5.32 Å². The number of carbonyl (C=O) groups is 2. The van der Waals surface area contributed by atoms with Gasteiger partial charge in [0.1, 0.15) is 0 Å². The normalized spacial score (nSPS) is 36.4.